The highest BCUT2D eigenvalue weighted by molar-refractivity contribution is 5.36. The first-order valence-corrected chi connectivity index (χ1v) is 6.97. The van der Waals surface area contributed by atoms with Crippen LogP contribution in [0.25, 0.3) is 0 Å². The number of nitrogens with one attached hydrogen (secondary N) is 1. The van der Waals surface area contributed by atoms with Crippen molar-refractivity contribution >= 4 is 0 Å². The average molecular weight is 265 g/mol. The van der Waals surface area contributed by atoms with E-state index in [9.17, 15) is 5.11 Å². The molecule has 108 valence electrons. The van der Waals surface area contributed by atoms with E-state index in [2.05, 4.69) is 46.0 Å². The summed E-state index contributed by atoms with van der Waals surface area (Å²) in [5, 5.41) is 13.2. The van der Waals surface area contributed by atoms with Crippen molar-refractivity contribution in [2.75, 3.05) is 13.2 Å². The second-order valence-corrected chi connectivity index (χ2v) is 6.06. The molecule has 1 aromatic rings. The number of β-amino-alcohol motifs (C(OH)–C–C–N with tert-alkyl or cyclic N) is 1. The van der Waals surface area contributed by atoms with Gasteiger partial charge in [-0.15, -0.1) is 0 Å². The van der Waals surface area contributed by atoms with Gasteiger partial charge in [-0.3, -0.25) is 0 Å². The lowest BCUT2D eigenvalue weighted by molar-refractivity contribution is 0.0996. The molecular formula is C16H27NO2. The van der Waals surface area contributed by atoms with Crippen molar-refractivity contribution in [1.82, 2.24) is 5.32 Å². The Hall–Kier alpha value is -1.06. The smallest absolute Gasteiger partial charge is 0.122 e. The van der Waals surface area contributed by atoms with E-state index in [1.165, 1.54) is 11.1 Å². The summed E-state index contributed by atoms with van der Waals surface area (Å²) in [7, 11) is 0. The molecule has 0 unspecified atom stereocenters. The number of aliphatic hydroxyl groups is 1. The largest absolute Gasteiger partial charge is 0.491 e. The Bertz CT molecular complexity index is 396. The number of rotatable bonds is 6. The third-order valence-corrected chi connectivity index (χ3v) is 2.90. The van der Waals surface area contributed by atoms with Crippen LogP contribution in [-0.4, -0.2) is 29.9 Å². The summed E-state index contributed by atoms with van der Waals surface area (Å²) in [4.78, 5) is 0. The van der Waals surface area contributed by atoms with Crippen LogP contribution in [0.4, 0.5) is 0 Å². The van der Waals surface area contributed by atoms with E-state index < -0.39 is 6.10 Å². The van der Waals surface area contributed by atoms with Gasteiger partial charge in [0, 0.05) is 12.1 Å². The first-order chi connectivity index (χ1) is 8.81. The van der Waals surface area contributed by atoms with Crippen molar-refractivity contribution < 1.29 is 9.84 Å². The first-order valence-electron chi connectivity index (χ1n) is 6.97. The van der Waals surface area contributed by atoms with Crippen molar-refractivity contribution in [1.29, 1.82) is 0 Å². The van der Waals surface area contributed by atoms with Crippen LogP contribution in [0.3, 0.4) is 0 Å². The molecule has 0 radical (unpaired) electrons. The molecule has 19 heavy (non-hydrogen) atoms. The fourth-order valence-electron chi connectivity index (χ4n) is 1.79. The van der Waals surface area contributed by atoms with Crippen LogP contribution in [0.15, 0.2) is 18.2 Å². The molecule has 1 rings (SSSR count). The SMILES string of the molecule is CCc1cc(C)ccc1OC[C@@H](O)CNC(C)(C)C. The van der Waals surface area contributed by atoms with Gasteiger partial charge in [-0.05, 0) is 45.7 Å². The van der Waals surface area contributed by atoms with Gasteiger partial charge in [-0.25, -0.2) is 0 Å². The highest BCUT2D eigenvalue weighted by atomic mass is 16.5. The molecule has 0 fully saturated rings. The van der Waals surface area contributed by atoms with Gasteiger partial charge in [-0.1, -0.05) is 24.6 Å². The molecule has 3 heteroatoms. The zero-order chi connectivity index (χ0) is 14.5. The van der Waals surface area contributed by atoms with E-state index >= 15 is 0 Å². The van der Waals surface area contributed by atoms with Gasteiger partial charge in [0.25, 0.3) is 0 Å². The summed E-state index contributed by atoms with van der Waals surface area (Å²) < 4.78 is 5.72. The molecule has 3 nitrogen and oxygen atoms in total. The minimum absolute atomic E-state index is 0.0133. The summed E-state index contributed by atoms with van der Waals surface area (Å²) in [5.74, 6) is 0.878. The van der Waals surface area contributed by atoms with Crippen LogP contribution in [0, 0.1) is 6.92 Å². The maximum Gasteiger partial charge on any atom is 0.122 e. The van der Waals surface area contributed by atoms with Crippen molar-refractivity contribution in [3.63, 3.8) is 0 Å². The highest BCUT2D eigenvalue weighted by Gasteiger charge is 2.13. The molecule has 0 spiro atoms. The number of aliphatic hydroxyl groups excluding tert-OH is 1. The van der Waals surface area contributed by atoms with Crippen LogP contribution in [0.5, 0.6) is 5.75 Å². The predicted octanol–water partition coefficient (Wildman–Crippen LogP) is 2.69. The number of ether oxygens (including phenoxy) is 1. The summed E-state index contributed by atoms with van der Waals surface area (Å²) in [5.41, 5.74) is 2.44. The predicted molar refractivity (Wildman–Crippen MR) is 79.8 cm³/mol. The van der Waals surface area contributed by atoms with E-state index in [-0.39, 0.29) is 5.54 Å². The first kappa shape index (κ1) is 16.0. The van der Waals surface area contributed by atoms with Crippen LogP contribution in [0.2, 0.25) is 0 Å². The van der Waals surface area contributed by atoms with Gasteiger partial charge in [0.05, 0.1) is 0 Å². The molecule has 2 N–H and O–H groups in total. The minimum Gasteiger partial charge on any atom is -0.491 e. The zero-order valence-electron chi connectivity index (χ0n) is 12.8. The van der Waals surface area contributed by atoms with Crippen LogP contribution >= 0.6 is 0 Å². The second kappa shape index (κ2) is 6.92. The maximum atomic E-state index is 9.90. The monoisotopic (exact) mass is 265 g/mol. The minimum atomic E-state index is -0.495. The summed E-state index contributed by atoms with van der Waals surface area (Å²) >= 11 is 0. The molecular weight excluding hydrogens is 238 g/mol. The molecule has 0 bridgehead atoms. The van der Waals surface area contributed by atoms with Crippen molar-refractivity contribution in [2.45, 2.75) is 52.7 Å². The zero-order valence-corrected chi connectivity index (χ0v) is 12.8. The standard InChI is InChI=1S/C16H27NO2/c1-6-13-9-12(2)7-8-15(13)19-11-14(18)10-17-16(3,4)5/h7-9,14,17-18H,6,10-11H2,1-5H3/t14-/m0/s1. The third kappa shape index (κ3) is 6.08. The molecule has 0 aliphatic rings. The Morgan fingerprint density at radius 3 is 2.58 bits per heavy atom. The van der Waals surface area contributed by atoms with Crippen LogP contribution in [-0.2, 0) is 6.42 Å². The fourth-order valence-corrected chi connectivity index (χ4v) is 1.79. The fraction of sp³-hybridized carbons (Fsp3) is 0.625. The van der Waals surface area contributed by atoms with Gasteiger partial charge >= 0.3 is 0 Å². The topological polar surface area (TPSA) is 41.5 Å². The van der Waals surface area contributed by atoms with Gasteiger partial charge < -0.3 is 15.2 Å². The summed E-state index contributed by atoms with van der Waals surface area (Å²) in [6, 6.07) is 6.15. The Labute approximate surface area is 117 Å². The van der Waals surface area contributed by atoms with Crippen molar-refractivity contribution in [3.05, 3.63) is 29.3 Å². The normalized spacial score (nSPS) is 13.4. The maximum absolute atomic E-state index is 9.90. The van der Waals surface area contributed by atoms with E-state index in [4.69, 9.17) is 4.74 Å². The van der Waals surface area contributed by atoms with Crippen LogP contribution < -0.4 is 10.1 Å². The second-order valence-electron chi connectivity index (χ2n) is 6.06. The van der Waals surface area contributed by atoms with Crippen LogP contribution in [0.1, 0.15) is 38.8 Å². The lowest BCUT2D eigenvalue weighted by atomic mass is 10.1. The summed E-state index contributed by atoms with van der Waals surface area (Å²) in [6.45, 7) is 11.3. The quantitative estimate of drug-likeness (QED) is 0.831. The number of aryl methyl sites for hydroxylation is 2. The van der Waals surface area contributed by atoms with E-state index in [1.54, 1.807) is 0 Å². The Morgan fingerprint density at radius 1 is 1.32 bits per heavy atom. The van der Waals surface area contributed by atoms with Gasteiger partial charge in [0.15, 0.2) is 0 Å². The lowest BCUT2D eigenvalue weighted by Crippen LogP contribution is -2.42. The highest BCUT2D eigenvalue weighted by Crippen LogP contribution is 2.20. The van der Waals surface area contributed by atoms with Gasteiger partial charge in [0.2, 0.25) is 0 Å². The molecule has 0 aliphatic carbocycles. The molecule has 0 saturated heterocycles. The van der Waals surface area contributed by atoms with E-state index in [0.717, 1.165) is 12.2 Å². The van der Waals surface area contributed by atoms with E-state index in [1.807, 2.05) is 12.1 Å². The van der Waals surface area contributed by atoms with E-state index in [0.29, 0.717) is 13.2 Å². The van der Waals surface area contributed by atoms with Gasteiger partial charge in [0.1, 0.15) is 18.5 Å². The molecule has 0 amide bonds. The molecule has 1 atom stereocenters. The average Bonchev–Trinajstić information content (AvgIpc) is 2.33. The van der Waals surface area contributed by atoms with Gasteiger partial charge in [-0.2, -0.15) is 0 Å². The molecule has 0 saturated carbocycles. The Kier molecular flexibility index (Phi) is 5.83. The molecule has 1 aromatic carbocycles. The Morgan fingerprint density at radius 2 is 2.00 bits per heavy atom. The molecule has 0 aliphatic heterocycles. The molecule has 0 heterocycles. The lowest BCUT2D eigenvalue weighted by Gasteiger charge is -2.23. The summed E-state index contributed by atoms with van der Waals surface area (Å²) in [6.07, 6.45) is 0.443. The third-order valence-electron chi connectivity index (χ3n) is 2.90. The Balaban J connectivity index is 2.48. The number of benzene rings is 1. The number of hydrogen-bond acceptors (Lipinski definition) is 3. The number of hydrogen-bond donors (Lipinski definition) is 2. The van der Waals surface area contributed by atoms with Crippen molar-refractivity contribution in [3.8, 4) is 5.75 Å². The van der Waals surface area contributed by atoms with Crippen molar-refractivity contribution in [2.24, 2.45) is 0 Å². The molecule has 0 aromatic heterocycles.